The molecule has 0 spiro atoms. The molecule has 1 heterocycles. The average molecular weight is 398 g/mol. The van der Waals surface area contributed by atoms with Crippen LogP contribution in [0, 0.1) is 0 Å². The maximum Gasteiger partial charge on any atom is 0.387 e. The molecule has 1 saturated heterocycles. The second-order valence-electron chi connectivity index (χ2n) is 6.26. The Labute approximate surface area is 164 Å². The maximum absolute atomic E-state index is 12.5. The van der Waals surface area contributed by atoms with Crippen LogP contribution in [0.1, 0.15) is 26.3 Å². The fraction of sp³-hybridized carbons (Fsp3) is 0.579. The van der Waals surface area contributed by atoms with Gasteiger partial charge in [-0.3, -0.25) is 4.79 Å². The molecule has 1 aromatic carbocycles. The van der Waals surface area contributed by atoms with Gasteiger partial charge in [0.15, 0.2) is 17.5 Å². The van der Waals surface area contributed by atoms with Crippen LogP contribution in [0.25, 0.3) is 0 Å². The Morgan fingerprint density at radius 3 is 2.43 bits per heavy atom. The van der Waals surface area contributed by atoms with Crippen molar-refractivity contribution in [2.75, 3.05) is 39.3 Å². The number of piperazine rings is 1. The van der Waals surface area contributed by atoms with Crippen LogP contribution in [0.4, 0.5) is 8.78 Å². The summed E-state index contributed by atoms with van der Waals surface area (Å²) in [4.78, 5) is 20.1. The van der Waals surface area contributed by atoms with Gasteiger partial charge in [-0.2, -0.15) is 8.78 Å². The van der Waals surface area contributed by atoms with Gasteiger partial charge in [-0.25, -0.2) is 4.99 Å². The van der Waals surface area contributed by atoms with Gasteiger partial charge in [0, 0.05) is 39.6 Å². The molecule has 1 N–H and O–H groups in total. The number of nitrogens with zero attached hydrogens (tertiary/aromatic N) is 3. The lowest BCUT2D eigenvalue weighted by molar-refractivity contribution is -0.130. The van der Waals surface area contributed by atoms with E-state index in [1.54, 1.807) is 26.0 Å². The highest BCUT2D eigenvalue weighted by Crippen LogP contribution is 2.30. The Morgan fingerprint density at radius 1 is 1.18 bits per heavy atom. The van der Waals surface area contributed by atoms with Crippen LogP contribution in [-0.4, -0.2) is 67.6 Å². The highest BCUT2D eigenvalue weighted by atomic mass is 19.3. The summed E-state index contributed by atoms with van der Waals surface area (Å²) in [5, 5.41) is 3.26. The lowest BCUT2D eigenvalue weighted by Crippen LogP contribution is -2.53. The van der Waals surface area contributed by atoms with Crippen molar-refractivity contribution >= 4 is 11.9 Å². The Morgan fingerprint density at radius 2 is 1.86 bits per heavy atom. The van der Waals surface area contributed by atoms with E-state index in [0.29, 0.717) is 39.3 Å². The van der Waals surface area contributed by atoms with Crippen molar-refractivity contribution in [2.45, 2.75) is 33.9 Å². The van der Waals surface area contributed by atoms with Gasteiger partial charge in [0.05, 0.1) is 13.2 Å². The number of carbonyl (C=O) groups excluding carboxylic acids is 1. The number of guanidine groups is 1. The van der Waals surface area contributed by atoms with Crippen molar-refractivity contribution in [3.8, 4) is 11.5 Å². The van der Waals surface area contributed by atoms with Crippen molar-refractivity contribution in [3.05, 3.63) is 23.8 Å². The number of aliphatic imine (C=N–C) groups is 1. The highest BCUT2D eigenvalue weighted by Gasteiger charge is 2.21. The fourth-order valence-electron chi connectivity index (χ4n) is 2.94. The molecule has 1 fully saturated rings. The van der Waals surface area contributed by atoms with E-state index in [1.165, 1.54) is 6.07 Å². The molecular weight excluding hydrogens is 370 g/mol. The van der Waals surface area contributed by atoms with Crippen LogP contribution in [0.15, 0.2) is 23.2 Å². The van der Waals surface area contributed by atoms with Crippen LogP contribution >= 0.6 is 0 Å². The van der Waals surface area contributed by atoms with Gasteiger partial charge in [0.1, 0.15) is 0 Å². The number of ether oxygens (including phenoxy) is 2. The third-order valence-corrected chi connectivity index (χ3v) is 4.29. The molecule has 2 rings (SSSR count). The predicted octanol–water partition coefficient (Wildman–Crippen LogP) is 2.32. The Balaban J connectivity index is 2.09. The molecule has 156 valence electrons. The van der Waals surface area contributed by atoms with E-state index in [9.17, 15) is 13.6 Å². The van der Waals surface area contributed by atoms with Gasteiger partial charge in [-0.15, -0.1) is 0 Å². The molecule has 0 aromatic heterocycles. The van der Waals surface area contributed by atoms with Crippen LogP contribution < -0.4 is 14.8 Å². The van der Waals surface area contributed by atoms with Gasteiger partial charge >= 0.3 is 6.61 Å². The van der Waals surface area contributed by atoms with Crippen LogP contribution in [-0.2, 0) is 11.3 Å². The van der Waals surface area contributed by atoms with Gasteiger partial charge in [0.2, 0.25) is 5.91 Å². The molecule has 28 heavy (non-hydrogen) atoms. The molecule has 7 nitrogen and oxygen atoms in total. The standard InChI is InChI=1S/C19H28F2N4O3/c1-4-22-19(25-10-8-24(9-11-25)14(3)26)23-13-15-6-7-16(28-18(20)21)17(12-15)27-5-2/h6-7,12,18H,4-5,8-11,13H2,1-3H3,(H,22,23). The molecule has 0 radical (unpaired) electrons. The zero-order valence-electron chi connectivity index (χ0n) is 16.6. The summed E-state index contributed by atoms with van der Waals surface area (Å²) in [6.07, 6.45) is 0. The van der Waals surface area contributed by atoms with Crippen LogP contribution in [0.2, 0.25) is 0 Å². The molecule has 1 aliphatic heterocycles. The van der Waals surface area contributed by atoms with E-state index in [4.69, 9.17) is 4.74 Å². The van der Waals surface area contributed by atoms with Crippen LogP contribution in [0.5, 0.6) is 11.5 Å². The third kappa shape index (κ3) is 6.24. The number of halogens is 2. The average Bonchev–Trinajstić information content (AvgIpc) is 2.67. The summed E-state index contributed by atoms with van der Waals surface area (Å²) in [6.45, 7) is 6.60. The Hall–Kier alpha value is -2.58. The normalized spacial score (nSPS) is 15.0. The van der Waals surface area contributed by atoms with Gasteiger partial charge < -0.3 is 24.6 Å². The van der Waals surface area contributed by atoms with Crippen molar-refractivity contribution in [1.29, 1.82) is 0 Å². The summed E-state index contributed by atoms with van der Waals surface area (Å²) in [7, 11) is 0. The van der Waals surface area contributed by atoms with E-state index in [2.05, 4.69) is 19.9 Å². The monoisotopic (exact) mass is 398 g/mol. The predicted molar refractivity (Wildman–Crippen MR) is 103 cm³/mol. The topological polar surface area (TPSA) is 66.4 Å². The molecule has 1 amide bonds. The number of rotatable bonds is 7. The number of carbonyl (C=O) groups is 1. The van der Waals surface area contributed by atoms with E-state index in [0.717, 1.165) is 18.1 Å². The molecular formula is C19H28F2N4O3. The van der Waals surface area contributed by atoms with Gasteiger partial charge in [0.25, 0.3) is 0 Å². The number of hydrogen-bond donors (Lipinski definition) is 1. The van der Waals surface area contributed by atoms with Gasteiger partial charge in [-0.05, 0) is 31.5 Å². The smallest absolute Gasteiger partial charge is 0.387 e. The minimum Gasteiger partial charge on any atom is -0.490 e. The zero-order valence-corrected chi connectivity index (χ0v) is 16.6. The second-order valence-corrected chi connectivity index (χ2v) is 6.26. The molecule has 9 heteroatoms. The molecule has 1 aromatic rings. The summed E-state index contributed by atoms with van der Waals surface area (Å²) >= 11 is 0. The summed E-state index contributed by atoms with van der Waals surface area (Å²) in [6, 6.07) is 4.84. The van der Waals surface area contributed by atoms with E-state index < -0.39 is 6.61 Å². The summed E-state index contributed by atoms with van der Waals surface area (Å²) < 4.78 is 35.0. The summed E-state index contributed by atoms with van der Waals surface area (Å²) in [5.74, 6) is 1.13. The molecule has 0 unspecified atom stereocenters. The number of amides is 1. The number of nitrogens with one attached hydrogen (secondary N) is 1. The minimum atomic E-state index is -2.91. The zero-order chi connectivity index (χ0) is 20.5. The van der Waals surface area contributed by atoms with Crippen molar-refractivity contribution in [3.63, 3.8) is 0 Å². The Bertz CT molecular complexity index is 677. The number of alkyl halides is 2. The number of hydrogen-bond acceptors (Lipinski definition) is 4. The maximum atomic E-state index is 12.5. The molecule has 0 atom stereocenters. The third-order valence-electron chi connectivity index (χ3n) is 4.29. The first-order chi connectivity index (χ1) is 13.4. The largest absolute Gasteiger partial charge is 0.490 e. The quantitative estimate of drug-likeness (QED) is 0.564. The molecule has 1 aliphatic rings. The van der Waals surface area contributed by atoms with Crippen molar-refractivity contribution in [2.24, 2.45) is 4.99 Å². The fourth-order valence-corrected chi connectivity index (χ4v) is 2.94. The minimum absolute atomic E-state index is 0.0110. The first-order valence-electron chi connectivity index (χ1n) is 9.43. The lowest BCUT2D eigenvalue weighted by atomic mass is 10.2. The van der Waals surface area contributed by atoms with E-state index in [-0.39, 0.29) is 17.4 Å². The van der Waals surface area contributed by atoms with Gasteiger partial charge in [-0.1, -0.05) is 6.07 Å². The molecule has 0 aliphatic carbocycles. The second kappa shape index (κ2) is 10.7. The SMILES string of the molecule is CCNC(=NCc1ccc(OC(F)F)c(OCC)c1)N1CCN(C(C)=O)CC1. The summed E-state index contributed by atoms with van der Waals surface area (Å²) in [5.41, 5.74) is 0.822. The van der Waals surface area contributed by atoms with E-state index >= 15 is 0 Å². The van der Waals surface area contributed by atoms with Crippen molar-refractivity contribution < 1.29 is 23.0 Å². The first kappa shape index (κ1) is 21.7. The Kier molecular flexibility index (Phi) is 8.28. The molecule has 0 saturated carbocycles. The van der Waals surface area contributed by atoms with Crippen LogP contribution in [0.3, 0.4) is 0 Å². The lowest BCUT2D eigenvalue weighted by Gasteiger charge is -2.36. The number of benzene rings is 1. The van der Waals surface area contributed by atoms with Crippen molar-refractivity contribution in [1.82, 2.24) is 15.1 Å². The van der Waals surface area contributed by atoms with E-state index in [1.807, 2.05) is 11.8 Å². The highest BCUT2D eigenvalue weighted by molar-refractivity contribution is 5.80. The molecule has 0 bridgehead atoms. The first-order valence-corrected chi connectivity index (χ1v) is 9.43.